The molecule has 2 N–H and O–H groups in total. The second-order valence-electron chi connectivity index (χ2n) is 5.88. The van der Waals surface area contributed by atoms with Crippen LogP contribution in [-0.2, 0) is 19.4 Å². The third kappa shape index (κ3) is 7.78. The van der Waals surface area contributed by atoms with Crippen molar-refractivity contribution in [2.45, 2.75) is 46.6 Å². The SMILES string of the molecule is CCNC(=NCc1c(CC)noc1CC)NCCCOc1ccccc1.I. The second-order valence-corrected chi connectivity index (χ2v) is 5.88. The molecule has 1 heterocycles. The van der Waals surface area contributed by atoms with Gasteiger partial charge in [-0.05, 0) is 31.9 Å². The van der Waals surface area contributed by atoms with Gasteiger partial charge in [-0.3, -0.25) is 0 Å². The average molecular weight is 486 g/mol. The minimum Gasteiger partial charge on any atom is -0.494 e. The van der Waals surface area contributed by atoms with Gasteiger partial charge in [-0.1, -0.05) is 37.2 Å². The van der Waals surface area contributed by atoms with Crippen LogP contribution in [0.15, 0.2) is 39.8 Å². The number of hydrogen-bond acceptors (Lipinski definition) is 4. The highest BCUT2D eigenvalue weighted by atomic mass is 127. The van der Waals surface area contributed by atoms with Gasteiger partial charge in [-0.2, -0.15) is 0 Å². The zero-order valence-corrected chi connectivity index (χ0v) is 18.8. The Bertz CT molecular complexity index is 652. The summed E-state index contributed by atoms with van der Waals surface area (Å²) in [5.41, 5.74) is 2.11. The Balaban J connectivity index is 0.00000364. The van der Waals surface area contributed by atoms with E-state index in [-0.39, 0.29) is 24.0 Å². The number of rotatable bonds is 10. The number of aromatic nitrogens is 1. The van der Waals surface area contributed by atoms with Crippen molar-refractivity contribution >= 4 is 29.9 Å². The predicted molar refractivity (Wildman–Crippen MR) is 120 cm³/mol. The van der Waals surface area contributed by atoms with Crippen LogP contribution in [0.3, 0.4) is 0 Å². The molecule has 0 atom stereocenters. The molecule has 0 aliphatic rings. The van der Waals surface area contributed by atoms with Crippen LogP contribution in [0.1, 0.15) is 44.2 Å². The van der Waals surface area contributed by atoms with Crippen LogP contribution < -0.4 is 15.4 Å². The number of para-hydroxylation sites is 1. The van der Waals surface area contributed by atoms with Crippen molar-refractivity contribution < 1.29 is 9.26 Å². The summed E-state index contributed by atoms with van der Waals surface area (Å²) in [4.78, 5) is 4.68. The molecule has 0 fully saturated rings. The van der Waals surface area contributed by atoms with Crippen molar-refractivity contribution in [3.05, 3.63) is 47.3 Å². The highest BCUT2D eigenvalue weighted by Gasteiger charge is 2.12. The molecule has 6 nitrogen and oxygen atoms in total. The number of guanidine groups is 1. The molecule has 0 aliphatic carbocycles. The maximum atomic E-state index is 5.71. The van der Waals surface area contributed by atoms with Crippen LogP contribution in [0.5, 0.6) is 5.75 Å². The number of nitrogens with zero attached hydrogens (tertiary/aromatic N) is 2. The molecule has 0 aliphatic heterocycles. The van der Waals surface area contributed by atoms with Gasteiger partial charge in [0.15, 0.2) is 5.96 Å². The summed E-state index contributed by atoms with van der Waals surface area (Å²) in [6.45, 7) is 9.07. The van der Waals surface area contributed by atoms with Gasteiger partial charge >= 0.3 is 0 Å². The van der Waals surface area contributed by atoms with Crippen LogP contribution in [-0.4, -0.2) is 30.8 Å². The van der Waals surface area contributed by atoms with Gasteiger partial charge in [0.1, 0.15) is 11.5 Å². The Kier molecular flexibility index (Phi) is 11.6. The minimum absolute atomic E-state index is 0. The smallest absolute Gasteiger partial charge is 0.191 e. The minimum atomic E-state index is 0. The summed E-state index contributed by atoms with van der Waals surface area (Å²) < 4.78 is 11.1. The van der Waals surface area contributed by atoms with E-state index in [0.29, 0.717) is 13.2 Å². The second kappa shape index (κ2) is 13.4. The number of aryl methyl sites for hydroxylation is 2. The van der Waals surface area contributed by atoms with E-state index in [9.17, 15) is 0 Å². The monoisotopic (exact) mass is 486 g/mol. The largest absolute Gasteiger partial charge is 0.494 e. The quantitative estimate of drug-likeness (QED) is 0.231. The molecule has 27 heavy (non-hydrogen) atoms. The predicted octanol–water partition coefficient (Wildman–Crippen LogP) is 3.94. The third-order valence-electron chi connectivity index (χ3n) is 3.97. The Morgan fingerprint density at radius 3 is 2.56 bits per heavy atom. The number of halogens is 1. The van der Waals surface area contributed by atoms with E-state index >= 15 is 0 Å². The molecular formula is C20H31IN4O2. The normalized spacial score (nSPS) is 11.0. The van der Waals surface area contributed by atoms with Gasteiger partial charge in [0, 0.05) is 25.1 Å². The van der Waals surface area contributed by atoms with E-state index in [0.717, 1.165) is 61.1 Å². The summed E-state index contributed by atoms with van der Waals surface area (Å²) >= 11 is 0. The fourth-order valence-electron chi connectivity index (χ4n) is 2.60. The number of benzene rings is 1. The maximum absolute atomic E-state index is 5.71. The van der Waals surface area contributed by atoms with Crippen molar-refractivity contribution in [3.8, 4) is 5.75 Å². The van der Waals surface area contributed by atoms with E-state index < -0.39 is 0 Å². The summed E-state index contributed by atoms with van der Waals surface area (Å²) in [5, 5.41) is 10.8. The van der Waals surface area contributed by atoms with Crippen LogP contribution >= 0.6 is 24.0 Å². The number of hydrogen-bond donors (Lipinski definition) is 2. The summed E-state index contributed by atoms with van der Waals surface area (Å²) in [6.07, 6.45) is 2.58. The van der Waals surface area contributed by atoms with E-state index in [1.165, 1.54) is 0 Å². The lowest BCUT2D eigenvalue weighted by Crippen LogP contribution is -2.38. The molecule has 2 rings (SSSR count). The van der Waals surface area contributed by atoms with Gasteiger partial charge < -0.3 is 19.9 Å². The van der Waals surface area contributed by atoms with Crippen LogP contribution in [0.4, 0.5) is 0 Å². The van der Waals surface area contributed by atoms with Crippen molar-refractivity contribution in [1.82, 2.24) is 15.8 Å². The third-order valence-corrected chi connectivity index (χ3v) is 3.97. The maximum Gasteiger partial charge on any atom is 0.191 e. The summed E-state index contributed by atoms with van der Waals surface area (Å²) in [6, 6.07) is 9.87. The van der Waals surface area contributed by atoms with Gasteiger partial charge in [0.25, 0.3) is 0 Å². The Morgan fingerprint density at radius 2 is 1.89 bits per heavy atom. The molecule has 0 saturated carbocycles. The first-order valence-corrected chi connectivity index (χ1v) is 9.44. The Labute approximate surface area is 179 Å². The van der Waals surface area contributed by atoms with Crippen LogP contribution in [0, 0.1) is 0 Å². The lowest BCUT2D eigenvalue weighted by atomic mass is 10.1. The van der Waals surface area contributed by atoms with Gasteiger partial charge in [0.05, 0.1) is 18.8 Å². The van der Waals surface area contributed by atoms with Crippen molar-refractivity contribution in [3.63, 3.8) is 0 Å². The van der Waals surface area contributed by atoms with Gasteiger partial charge in [0.2, 0.25) is 0 Å². The van der Waals surface area contributed by atoms with Crippen LogP contribution in [0.25, 0.3) is 0 Å². The van der Waals surface area contributed by atoms with Crippen molar-refractivity contribution in [1.29, 1.82) is 0 Å². The lowest BCUT2D eigenvalue weighted by Gasteiger charge is -2.12. The number of ether oxygens (including phenoxy) is 1. The Morgan fingerprint density at radius 1 is 1.11 bits per heavy atom. The fraction of sp³-hybridized carbons (Fsp3) is 0.500. The van der Waals surface area contributed by atoms with E-state index in [1.807, 2.05) is 30.3 Å². The van der Waals surface area contributed by atoms with Gasteiger partial charge in [-0.25, -0.2) is 4.99 Å². The van der Waals surface area contributed by atoms with E-state index in [4.69, 9.17) is 9.26 Å². The van der Waals surface area contributed by atoms with Crippen molar-refractivity contribution in [2.75, 3.05) is 19.7 Å². The fourth-order valence-corrected chi connectivity index (χ4v) is 2.60. The molecule has 0 bridgehead atoms. The number of nitrogens with one attached hydrogen (secondary N) is 2. The highest BCUT2D eigenvalue weighted by molar-refractivity contribution is 14.0. The zero-order chi connectivity index (χ0) is 18.6. The highest BCUT2D eigenvalue weighted by Crippen LogP contribution is 2.16. The molecule has 150 valence electrons. The van der Waals surface area contributed by atoms with Gasteiger partial charge in [-0.15, -0.1) is 24.0 Å². The standard InChI is InChI=1S/C20H30N4O2.HI/c1-4-18-17(19(5-2)26-24-18)15-23-20(21-6-3)22-13-10-14-25-16-11-8-7-9-12-16;/h7-9,11-12H,4-6,10,13-15H2,1-3H3,(H2,21,22,23);1H. The van der Waals surface area contributed by atoms with E-state index in [1.54, 1.807) is 0 Å². The zero-order valence-electron chi connectivity index (χ0n) is 16.5. The summed E-state index contributed by atoms with van der Waals surface area (Å²) in [5.74, 6) is 2.63. The molecule has 1 aromatic heterocycles. The first-order valence-electron chi connectivity index (χ1n) is 9.44. The lowest BCUT2D eigenvalue weighted by molar-refractivity contribution is 0.311. The summed E-state index contributed by atoms with van der Waals surface area (Å²) in [7, 11) is 0. The molecule has 0 amide bonds. The number of aliphatic imine (C=N–C) groups is 1. The molecule has 7 heteroatoms. The van der Waals surface area contributed by atoms with Crippen molar-refractivity contribution in [2.24, 2.45) is 4.99 Å². The molecular weight excluding hydrogens is 455 g/mol. The molecule has 1 aromatic carbocycles. The average Bonchev–Trinajstić information content (AvgIpc) is 3.08. The first-order chi connectivity index (χ1) is 12.8. The molecule has 0 radical (unpaired) electrons. The van der Waals surface area contributed by atoms with Crippen LogP contribution in [0.2, 0.25) is 0 Å². The molecule has 2 aromatic rings. The van der Waals surface area contributed by atoms with E-state index in [2.05, 4.69) is 41.6 Å². The first kappa shape index (κ1) is 23.3. The topological polar surface area (TPSA) is 71.7 Å². The Hall–Kier alpha value is -1.77. The molecule has 0 spiro atoms. The molecule has 0 unspecified atom stereocenters. The molecule has 0 saturated heterocycles.